The number of benzene rings is 3. The monoisotopic (exact) mass is 585 g/mol. The van der Waals surface area contributed by atoms with Gasteiger partial charge in [-0.1, -0.05) is 18.1 Å². The van der Waals surface area contributed by atoms with E-state index in [4.69, 9.17) is 16.1 Å². The van der Waals surface area contributed by atoms with Crippen LogP contribution in [0.1, 0.15) is 31.2 Å². The maximum atomic E-state index is 16.7. The highest BCUT2D eigenvalue weighted by atomic mass is 19.1. The molecule has 0 saturated carbocycles. The molecule has 0 radical (unpaired) electrons. The van der Waals surface area contributed by atoms with E-state index >= 15 is 4.39 Å². The minimum atomic E-state index is -0.904. The van der Waals surface area contributed by atoms with Crippen molar-refractivity contribution < 1.29 is 23.0 Å². The van der Waals surface area contributed by atoms with Crippen LogP contribution in [0.25, 0.3) is 32.8 Å². The molecule has 0 unspecified atom stereocenters. The zero-order valence-corrected chi connectivity index (χ0v) is 23.5. The Kier molecular flexibility index (Phi) is 5.84. The van der Waals surface area contributed by atoms with E-state index in [0.717, 1.165) is 45.4 Å². The Bertz CT molecular complexity index is 1850. The smallest absolute Gasteiger partial charge is 0.319 e. The summed E-state index contributed by atoms with van der Waals surface area (Å²) in [5.74, 6) is 1.58. The van der Waals surface area contributed by atoms with Crippen molar-refractivity contribution in [3.63, 3.8) is 0 Å². The number of terminal acetylenes is 1. The average molecular weight is 586 g/mol. The summed E-state index contributed by atoms with van der Waals surface area (Å²) < 4.78 is 52.0. The standard InChI is InChI=1S/C33H30F3N5O2/c1-2-22-26(35)7-4-19-12-21(42)13-25(27(19)22)23-5-6-24-29(28(23)36)38-31(39-30(24)40-16-32(17-40)9-10-37-32)43-18-33-8-3-11-41(33)15-20(34)14-33/h1,4-7,12-13,20,37,42H,3,8-11,14-18H2/t20-,33+/m1/s1. The largest absolute Gasteiger partial charge is 0.508 e. The summed E-state index contributed by atoms with van der Waals surface area (Å²) in [6.45, 7) is 3.86. The Labute approximate surface area is 246 Å². The number of fused-ring (bicyclic) bond motifs is 3. The highest BCUT2D eigenvalue weighted by Crippen LogP contribution is 2.43. The molecule has 7 nitrogen and oxygen atoms in total. The van der Waals surface area contributed by atoms with Gasteiger partial charge in [0, 0.05) is 42.4 Å². The number of alkyl halides is 1. The summed E-state index contributed by atoms with van der Waals surface area (Å²) in [4.78, 5) is 13.5. The van der Waals surface area contributed by atoms with Gasteiger partial charge < -0.3 is 20.1 Å². The molecule has 43 heavy (non-hydrogen) atoms. The van der Waals surface area contributed by atoms with Crippen LogP contribution < -0.4 is 15.0 Å². The molecule has 0 bridgehead atoms. The first-order chi connectivity index (χ1) is 20.8. The quantitative estimate of drug-likeness (QED) is 0.322. The van der Waals surface area contributed by atoms with Gasteiger partial charge in [0.1, 0.15) is 35.7 Å². The summed E-state index contributed by atoms with van der Waals surface area (Å²) in [7, 11) is 0. The van der Waals surface area contributed by atoms with Crippen molar-refractivity contribution in [3.8, 4) is 35.2 Å². The number of anilines is 1. The second kappa shape index (κ2) is 9.46. The number of halogens is 3. The summed E-state index contributed by atoms with van der Waals surface area (Å²) in [6, 6.07) is 8.96. The molecule has 0 amide bonds. The predicted octanol–water partition coefficient (Wildman–Crippen LogP) is 4.92. The van der Waals surface area contributed by atoms with E-state index < -0.39 is 23.3 Å². The number of hydrogen-bond donors (Lipinski definition) is 2. The Balaban J connectivity index is 1.26. The third-order valence-corrected chi connectivity index (χ3v) is 9.87. The minimum absolute atomic E-state index is 0.0126. The molecule has 220 valence electrons. The number of nitrogens with one attached hydrogen (secondary N) is 1. The van der Waals surface area contributed by atoms with Gasteiger partial charge in [-0.3, -0.25) is 4.90 Å². The molecule has 3 aromatic carbocycles. The summed E-state index contributed by atoms with van der Waals surface area (Å²) in [5, 5.41) is 15.3. The van der Waals surface area contributed by atoms with Crippen molar-refractivity contribution in [3.05, 3.63) is 53.6 Å². The SMILES string of the molecule is C#Cc1c(F)ccc2cc(O)cc(-c3ccc4c(N5CC6(CCN6)C5)nc(OC[C@@]56CCCN5C[C@H](F)C6)nc4c3F)c12. The normalized spacial score (nSPS) is 24.2. The van der Waals surface area contributed by atoms with Gasteiger partial charge in [0.05, 0.1) is 16.6 Å². The van der Waals surface area contributed by atoms with Crippen molar-refractivity contribution in [2.45, 2.75) is 42.9 Å². The van der Waals surface area contributed by atoms with E-state index in [9.17, 15) is 13.9 Å². The molecule has 4 saturated heterocycles. The van der Waals surface area contributed by atoms with Crippen LogP contribution in [-0.4, -0.2) is 76.6 Å². The van der Waals surface area contributed by atoms with Gasteiger partial charge in [-0.05, 0) is 67.6 Å². The second-order valence-electron chi connectivity index (χ2n) is 12.5. The Morgan fingerprint density at radius 1 is 1.12 bits per heavy atom. The van der Waals surface area contributed by atoms with Gasteiger partial charge >= 0.3 is 6.01 Å². The van der Waals surface area contributed by atoms with Crippen molar-refractivity contribution in [2.75, 3.05) is 44.2 Å². The molecule has 1 aromatic heterocycles. The summed E-state index contributed by atoms with van der Waals surface area (Å²) in [6.07, 6.45) is 8.02. The molecule has 4 aliphatic heterocycles. The fraction of sp³-hybridized carbons (Fsp3) is 0.394. The second-order valence-corrected chi connectivity index (χ2v) is 12.5. The van der Waals surface area contributed by atoms with E-state index in [1.54, 1.807) is 12.1 Å². The molecule has 4 fully saturated rings. The van der Waals surface area contributed by atoms with Gasteiger partial charge in [0.2, 0.25) is 0 Å². The van der Waals surface area contributed by atoms with Gasteiger partial charge in [0.25, 0.3) is 0 Å². The molecule has 4 aromatic rings. The number of aromatic hydroxyl groups is 1. The first-order valence-electron chi connectivity index (χ1n) is 14.7. The molecule has 5 heterocycles. The Morgan fingerprint density at radius 3 is 2.72 bits per heavy atom. The summed E-state index contributed by atoms with van der Waals surface area (Å²) in [5.41, 5.74) is 0.0450. The zero-order chi connectivity index (χ0) is 29.5. The van der Waals surface area contributed by atoms with Crippen molar-refractivity contribution in [2.24, 2.45) is 0 Å². The van der Waals surface area contributed by atoms with Crippen LogP contribution in [0.3, 0.4) is 0 Å². The Hall–Kier alpha value is -4.07. The molecular weight excluding hydrogens is 555 g/mol. The molecule has 1 spiro atoms. The van der Waals surface area contributed by atoms with E-state index in [0.29, 0.717) is 34.9 Å². The topological polar surface area (TPSA) is 73.8 Å². The van der Waals surface area contributed by atoms with Crippen LogP contribution in [0.15, 0.2) is 36.4 Å². The molecule has 2 N–H and O–H groups in total. The van der Waals surface area contributed by atoms with Crippen LogP contribution in [0.2, 0.25) is 0 Å². The van der Waals surface area contributed by atoms with Crippen LogP contribution >= 0.6 is 0 Å². The first kappa shape index (κ1) is 26.5. The van der Waals surface area contributed by atoms with Crippen molar-refractivity contribution in [1.82, 2.24) is 20.2 Å². The Morgan fingerprint density at radius 2 is 1.95 bits per heavy atom. The zero-order valence-electron chi connectivity index (χ0n) is 23.5. The number of aromatic nitrogens is 2. The van der Waals surface area contributed by atoms with Gasteiger partial charge in [0.15, 0.2) is 5.82 Å². The first-order valence-corrected chi connectivity index (χ1v) is 14.7. The molecule has 8 rings (SSSR count). The molecule has 0 aliphatic carbocycles. The average Bonchev–Trinajstić information content (AvgIpc) is 3.46. The number of phenolic OH excluding ortho intramolecular Hbond substituents is 1. The summed E-state index contributed by atoms with van der Waals surface area (Å²) >= 11 is 0. The third-order valence-electron chi connectivity index (χ3n) is 9.87. The van der Waals surface area contributed by atoms with Crippen molar-refractivity contribution in [1.29, 1.82) is 0 Å². The predicted molar refractivity (Wildman–Crippen MR) is 158 cm³/mol. The van der Waals surface area contributed by atoms with Crippen LogP contribution in [0, 0.1) is 24.0 Å². The maximum Gasteiger partial charge on any atom is 0.319 e. The minimum Gasteiger partial charge on any atom is -0.508 e. The molecule has 10 heteroatoms. The number of phenols is 1. The van der Waals surface area contributed by atoms with Crippen LogP contribution in [-0.2, 0) is 0 Å². The van der Waals surface area contributed by atoms with E-state index in [1.165, 1.54) is 24.3 Å². The fourth-order valence-electron chi connectivity index (χ4n) is 7.65. The molecular formula is C33H30F3N5O2. The highest BCUT2D eigenvalue weighted by molar-refractivity contribution is 6.04. The van der Waals surface area contributed by atoms with E-state index in [1.807, 2.05) is 0 Å². The van der Waals surface area contributed by atoms with Gasteiger partial charge in [-0.15, -0.1) is 6.42 Å². The maximum absolute atomic E-state index is 16.7. The lowest BCUT2D eigenvalue weighted by Crippen LogP contribution is -2.76. The van der Waals surface area contributed by atoms with Crippen LogP contribution in [0.4, 0.5) is 19.0 Å². The number of hydrogen-bond acceptors (Lipinski definition) is 7. The van der Waals surface area contributed by atoms with Crippen LogP contribution in [0.5, 0.6) is 11.8 Å². The third kappa shape index (κ3) is 4.05. The molecule has 2 atom stereocenters. The lowest BCUT2D eigenvalue weighted by atomic mass is 9.80. The number of rotatable bonds is 5. The highest BCUT2D eigenvalue weighted by Gasteiger charge is 2.50. The van der Waals surface area contributed by atoms with E-state index in [2.05, 4.69) is 26.0 Å². The lowest BCUT2D eigenvalue weighted by Gasteiger charge is -2.57. The number of ether oxygens (including phenoxy) is 1. The number of nitrogens with zero attached hydrogens (tertiary/aromatic N) is 4. The fourth-order valence-corrected chi connectivity index (χ4v) is 7.65. The van der Waals surface area contributed by atoms with Gasteiger partial charge in [-0.2, -0.15) is 9.97 Å². The van der Waals surface area contributed by atoms with E-state index in [-0.39, 0.29) is 46.1 Å². The van der Waals surface area contributed by atoms with Gasteiger partial charge in [-0.25, -0.2) is 13.2 Å². The lowest BCUT2D eigenvalue weighted by molar-refractivity contribution is 0.107. The van der Waals surface area contributed by atoms with Crippen molar-refractivity contribution >= 4 is 27.5 Å². The molecule has 4 aliphatic rings.